The molecule has 1 fully saturated rings. The first-order valence-corrected chi connectivity index (χ1v) is 10.9. The molecule has 2 N–H and O–H groups in total. The number of carbonyl (C=O) groups excluding carboxylic acids is 1. The molecule has 0 spiro atoms. The summed E-state index contributed by atoms with van der Waals surface area (Å²) in [6.07, 6.45) is 2.25. The molecule has 1 aromatic heterocycles. The van der Waals surface area contributed by atoms with E-state index >= 15 is 0 Å². The molecule has 3 aromatic rings. The number of ether oxygens (including phenoxy) is 1. The van der Waals surface area contributed by atoms with Gasteiger partial charge in [-0.25, -0.2) is 4.98 Å². The Bertz CT molecular complexity index is 948. The van der Waals surface area contributed by atoms with E-state index in [0.717, 1.165) is 47.1 Å². The number of thioether (sulfide) groups is 1. The summed E-state index contributed by atoms with van der Waals surface area (Å²) in [5.74, 6) is 1.14. The molecule has 0 bridgehead atoms. The third kappa shape index (κ3) is 5.08. The van der Waals surface area contributed by atoms with Crippen LogP contribution in [-0.4, -0.2) is 40.9 Å². The Hall–Kier alpha value is -2.57. The number of imidazole rings is 1. The van der Waals surface area contributed by atoms with Crippen LogP contribution in [0.4, 0.5) is 0 Å². The molecule has 5 nitrogen and oxygen atoms in total. The van der Waals surface area contributed by atoms with Crippen molar-refractivity contribution in [2.75, 3.05) is 18.9 Å². The summed E-state index contributed by atoms with van der Waals surface area (Å²) in [7, 11) is 0. The second-order valence-corrected chi connectivity index (χ2v) is 8.19. The first-order chi connectivity index (χ1) is 14.2. The molecular formula is C23H25N3O2S. The largest absolute Gasteiger partial charge is 0.376 e. The molecule has 1 aliphatic rings. The Morgan fingerprint density at radius 1 is 1.17 bits per heavy atom. The van der Waals surface area contributed by atoms with Gasteiger partial charge >= 0.3 is 0 Å². The van der Waals surface area contributed by atoms with E-state index in [1.54, 1.807) is 0 Å². The molecule has 1 amide bonds. The molecule has 0 radical (unpaired) electrons. The number of carbonyl (C=O) groups is 1. The molecule has 1 atom stereocenters. The lowest BCUT2D eigenvalue weighted by Crippen LogP contribution is -2.32. The van der Waals surface area contributed by atoms with Crippen molar-refractivity contribution in [2.45, 2.75) is 30.9 Å². The van der Waals surface area contributed by atoms with Crippen LogP contribution in [0.15, 0.2) is 59.6 Å². The topological polar surface area (TPSA) is 67.0 Å². The average Bonchev–Trinajstić information content (AvgIpc) is 3.42. The summed E-state index contributed by atoms with van der Waals surface area (Å²) < 4.78 is 5.56. The van der Waals surface area contributed by atoms with E-state index in [1.165, 1.54) is 17.3 Å². The highest BCUT2D eigenvalue weighted by molar-refractivity contribution is 8.00. The number of nitrogens with one attached hydrogen (secondary N) is 2. The Kier molecular flexibility index (Phi) is 6.32. The van der Waals surface area contributed by atoms with Crippen molar-refractivity contribution < 1.29 is 9.53 Å². The van der Waals surface area contributed by atoms with E-state index < -0.39 is 0 Å². The van der Waals surface area contributed by atoms with E-state index in [0.29, 0.717) is 12.3 Å². The number of hydrogen-bond acceptors (Lipinski definition) is 4. The zero-order valence-electron chi connectivity index (χ0n) is 16.5. The molecule has 4 rings (SSSR count). The predicted octanol–water partition coefficient (Wildman–Crippen LogP) is 4.44. The summed E-state index contributed by atoms with van der Waals surface area (Å²) >= 11 is 1.46. The molecule has 2 heterocycles. The molecule has 1 aliphatic heterocycles. The van der Waals surface area contributed by atoms with Crippen LogP contribution in [0.1, 0.15) is 18.4 Å². The quantitative estimate of drug-likeness (QED) is 0.568. The second kappa shape index (κ2) is 9.29. The van der Waals surface area contributed by atoms with Crippen molar-refractivity contribution in [2.24, 2.45) is 0 Å². The summed E-state index contributed by atoms with van der Waals surface area (Å²) in [6, 6.07) is 18.4. The van der Waals surface area contributed by atoms with Gasteiger partial charge in [0.1, 0.15) is 10.9 Å². The standard InChI is InChI=1S/C23H25N3O2S/c1-16-9-11-18(12-10-16)22-25-21(17-6-3-2-4-7-17)23(26-22)29-15-20(27)24-14-19-8-5-13-28-19/h2-4,6-7,9-12,19H,5,8,13-15H2,1H3,(H,24,27)(H,25,26)/t19-/m1/s1. The lowest BCUT2D eigenvalue weighted by atomic mass is 10.1. The average molecular weight is 408 g/mol. The summed E-state index contributed by atoms with van der Waals surface area (Å²) in [6.45, 7) is 3.45. The van der Waals surface area contributed by atoms with Crippen LogP contribution in [0.5, 0.6) is 0 Å². The number of aromatic nitrogens is 2. The molecule has 150 valence electrons. The van der Waals surface area contributed by atoms with Crippen molar-refractivity contribution in [1.29, 1.82) is 0 Å². The Morgan fingerprint density at radius 3 is 2.69 bits per heavy atom. The van der Waals surface area contributed by atoms with Crippen LogP contribution in [-0.2, 0) is 9.53 Å². The van der Waals surface area contributed by atoms with E-state index in [-0.39, 0.29) is 12.0 Å². The molecule has 29 heavy (non-hydrogen) atoms. The Balaban J connectivity index is 1.49. The molecule has 0 aliphatic carbocycles. The minimum atomic E-state index is 0.00407. The van der Waals surface area contributed by atoms with Crippen LogP contribution in [0.2, 0.25) is 0 Å². The van der Waals surface area contributed by atoms with E-state index in [4.69, 9.17) is 9.72 Å². The summed E-state index contributed by atoms with van der Waals surface area (Å²) in [4.78, 5) is 20.6. The predicted molar refractivity (Wildman–Crippen MR) is 117 cm³/mol. The number of aryl methyl sites for hydroxylation is 1. The molecular weight excluding hydrogens is 382 g/mol. The van der Waals surface area contributed by atoms with E-state index in [1.807, 2.05) is 30.3 Å². The Labute approximate surface area is 175 Å². The van der Waals surface area contributed by atoms with Gasteiger partial charge in [-0.3, -0.25) is 4.79 Å². The SMILES string of the molecule is Cc1ccc(-c2nc(SCC(=O)NC[C@H]3CCCO3)c(-c3ccccc3)[nH]2)cc1. The molecule has 0 saturated carbocycles. The molecule has 2 aromatic carbocycles. The van der Waals surface area contributed by atoms with E-state index in [2.05, 4.69) is 41.5 Å². The van der Waals surface area contributed by atoms with Crippen LogP contribution in [0.25, 0.3) is 22.6 Å². The summed E-state index contributed by atoms with van der Waals surface area (Å²) in [5.41, 5.74) is 4.24. The van der Waals surface area contributed by atoms with Gasteiger partial charge in [-0.1, -0.05) is 71.9 Å². The first-order valence-electron chi connectivity index (χ1n) is 9.92. The first kappa shape index (κ1) is 19.7. The van der Waals surface area contributed by atoms with Gasteiger partial charge in [0.2, 0.25) is 5.91 Å². The smallest absolute Gasteiger partial charge is 0.230 e. The van der Waals surface area contributed by atoms with Gasteiger partial charge in [0.25, 0.3) is 0 Å². The lowest BCUT2D eigenvalue weighted by molar-refractivity contribution is -0.119. The number of benzene rings is 2. The molecule has 0 unspecified atom stereocenters. The highest BCUT2D eigenvalue weighted by atomic mass is 32.2. The van der Waals surface area contributed by atoms with Gasteiger partial charge in [-0.15, -0.1) is 0 Å². The molecule has 6 heteroatoms. The maximum atomic E-state index is 12.3. The number of rotatable bonds is 7. The van der Waals surface area contributed by atoms with Gasteiger partial charge in [-0.2, -0.15) is 0 Å². The fourth-order valence-electron chi connectivity index (χ4n) is 3.33. The van der Waals surface area contributed by atoms with Crippen LogP contribution in [0.3, 0.4) is 0 Å². The third-order valence-electron chi connectivity index (χ3n) is 4.95. The van der Waals surface area contributed by atoms with Gasteiger partial charge in [-0.05, 0) is 19.8 Å². The lowest BCUT2D eigenvalue weighted by Gasteiger charge is -2.10. The normalized spacial score (nSPS) is 16.1. The number of aromatic amines is 1. The number of amides is 1. The molecule has 1 saturated heterocycles. The third-order valence-corrected chi connectivity index (χ3v) is 5.92. The number of hydrogen-bond donors (Lipinski definition) is 2. The van der Waals surface area contributed by atoms with Crippen molar-refractivity contribution in [3.8, 4) is 22.6 Å². The van der Waals surface area contributed by atoms with Crippen molar-refractivity contribution >= 4 is 17.7 Å². The highest BCUT2D eigenvalue weighted by Crippen LogP contribution is 2.32. The second-order valence-electron chi connectivity index (χ2n) is 7.23. The maximum absolute atomic E-state index is 12.3. The fraction of sp³-hybridized carbons (Fsp3) is 0.304. The van der Waals surface area contributed by atoms with Gasteiger partial charge in [0.05, 0.1) is 17.6 Å². The number of nitrogens with zero attached hydrogens (tertiary/aromatic N) is 1. The van der Waals surface area contributed by atoms with E-state index in [9.17, 15) is 4.79 Å². The van der Waals surface area contributed by atoms with Crippen LogP contribution in [0, 0.1) is 6.92 Å². The zero-order chi connectivity index (χ0) is 20.1. The monoisotopic (exact) mass is 407 g/mol. The minimum Gasteiger partial charge on any atom is -0.376 e. The maximum Gasteiger partial charge on any atom is 0.230 e. The van der Waals surface area contributed by atoms with Crippen molar-refractivity contribution in [3.63, 3.8) is 0 Å². The highest BCUT2D eigenvalue weighted by Gasteiger charge is 2.18. The summed E-state index contributed by atoms with van der Waals surface area (Å²) in [5, 5.41) is 3.81. The number of H-pyrrole nitrogens is 1. The minimum absolute atomic E-state index is 0.00407. The van der Waals surface area contributed by atoms with Crippen molar-refractivity contribution in [1.82, 2.24) is 15.3 Å². The Morgan fingerprint density at radius 2 is 1.97 bits per heavy atom. The fourth-order valence-corrected chi connectivity index (χ4v) is 4.17. The van der Waals surface area contributed by atoms with Crippen LogP contribution >= 0.6 is 11.8 Å². The van der Waals surface area contributed by atoms with Gasteiger partial charge in [0, 0.05) is 24.3 Å². The van der Waals surface area contributed by atoms with Gasteiger partial charge < -0.3 is 15.0 Å². The van der Waals surface area contributed by atoms with Crippen LogP contribution < -0.4 is 5.32 Å². The van der Waals surface area contributed by atoms with Crippen molar-refractivity contribution in [3.05, 3.63) is 60.2 Å². The zero-order valence-corrected chi connectivity index (χ0v) is 17.3. The van der Waals surface area contributed by atoms with Gasteiger partial charge in [0.15, 0.2) is 0 Å².